The maximum absolute atomic E-state index is 13.0. The van der Waals surface area contributed by atoms with Gasteiger partial charge in [-0.05, 0) is 31.0 Å². The predicted molar refractivity (Wildman–Crippen MR) is 134 cm³/mol. The Hall–Kier alpha value is -4.15. The first-order valence-corrected chi connectivity index (χ1v) is 12.1. The highest BCUT2D eigenvalue weighted by Crippen LogP contribution is 2.33. The number of hydrogen-bond acceptors (Lipinski definition) is 6. The standard InChI is InChI=1S/C25H29N7O4/c1-4-10-31-24(34)20-23(30(5-2)25(31)35)29-22(28-20)17-13-27-32(14-17)21(16-11-19(33)26-12-16)15-6-8-18(36-3)9-7-15/h6-9,13-14,16,21H,4-5,10-12H2,1-3H3,(H,26,33)(H,28,29). The Morgan fingerprint density at radius 2 is 1.92 bits per heavy atom. The number of carbonyl (C=O) groups excluding carboxylic acids is 1. The highest BCUT2D eigenvalue weighted by Gasteiger charge is 2.32. The summed E-state index contributed by atoms with van der Waals surface area (Å²) >= 11 is 0. The third kappa shape index (κ3) is 4.00. The van der Waals surface area contributed by atoms with Crippen molar-refractivity contribution in [3.63, 3.8) is 0 Å². The molecular formula is C25H29N7O4. The van der Waals surface area contributed by atoms with E-state index in [2.05, 4.69) is 20.4 Å². The van der Waals surface area contributed by atoms with Gasteiger partial charge >= 0.3 is 5.69 Å². The van der Waals surface area contributed by atoms with Crippen molar-refractivity contribution in [2.75, 3.05) is 13.7 Å². The first-order valence-electron chi connectivity index (χ1n) is 12.1. The second kappa shape index (κ2) is 9.48. The summed E-state index contributed by atoms with van der Waals surface area (Å²) in [6.07, 6.45) is 4.60. The molecule has 0 bridgehead atoms. The van der Waals surface area contributed by atoms with Crippen molar-refractivity contribution in [3.8, 4) is 17.1 Å². The van der Waals surface area contributed by atoms with Crippen LogP contribution in [0.5, 0.6) is 5.75 Å². The van der Waals surface area contributed by atoms with Crippen molar-refractivity contribution >= 4 is 17.1 Å². The number of carbonyl (C=O) groups is 1. The molecule has 1 aliphatic rings. The Balaban J connectivity index is 1.58. The van der Waals surface area contributed by atoms with E-state index < -0.39 is 0 Å². The van der Waals surface area contributed by atoms with Gasteiger partial charge in [-0.1, -0.05) is 19.1 Å². The quantitative estimate of drug-likeness (QED) is 0.387. The van der Waals surface area contributed by atoms with Crippen LogP contribution in [-0.2, 0) is 17.9 Å². The van der Waals surface area contributed by atoms with Gasteiger partial charge < -0.3 is 15.0 Å². The zero-order valence-electron chi connectivity index (χ0n) is 20.5. The number of rotatable bonds is 8. The summed E-state index contributed by atoms with van der Waals surface area (Å²) in [5.41, 5.74) is 1.57. The minimum Gasteiger partial charge on any atom is -0.497 e. The zero-order valence-corrected chi connectivity index (χ0v) is 20.5. The Morgan fingerprint density at radius 1 is 1.14 bits per heavy atom. The lowest BCUT2D eigenvalue weighted by Gasteiger charge is -2.23. The summed E-state index contributed by atoms with van der Waals surface area (Å²) in [5.74, 6) is 1.24. The molecule has 0 aliphatic carbocycles. The van der Waals surface area contributed by atoms with E-state index in [1.807, 2.05) is 49.0 Å². The number of hydrogen-bond donors (Lipinski definition) is 2. The Morgan fingerprint density at radius 3 is 2.56 bits per heavy atom. The summed E-state index contributed by atoms with van der Waals surface area (Å²) in [6, 6.07) is 7.54. The molecule has 2 unspecified atom stereocenters. The zero-order chi connectivity index (χ0) is 25.4. The topological polar surface area (TPSA) is 129 Å². The van der Waals surface area contributed by atoms with Crippen LogP contribution in [0.2, 0.25) is 0 Å². The van der Waals surface area contributed by atoms with Gasteiger partial charge in [-0.3, -0.25) is 23.4 Å². The molecule has 1 saturated heterocycles. The van der Waals surface area contributed by atoms with Crippen molar-refractivity contribution in [2.45, 2.75) is 45.8 Å². The number of nitrogens with one attached hydrogen (secondary N) is 2. The molecule has 1 aliphatic heterocycles. The molecule has 1 aromatic carbocycles. The Kier molecular flexibility index (Phi) is 6.21. The molecule has 4 aromatic rings. The van der Waals surface area contributed by atoms with Gasteiger partial charge in [0.25, 0.3) is 5.56 Å². The number of fused-ring (bicyclic) bond motifs is 1. The number of imidazole rings is 1. The third-order valence-electron chi connectivity index (χ3n) is 6.70. The molecule has 5 rings (SSSR count). The van der Waals surface area contributed by atoms with Gasteiger partial charge in [-0.2, -0.15) is 5.10 Å². The van der Waals surface area contributed by atoms with E-state index in [0.29, 0.717) is 55.0 Å². The highest BCUT2D eigenvalue weighted by atomic mass is 16.5. The smallest absolute Gasteiger partial charge is 0.332 e. The highest BCUT2D eigenvalue weighted by molar-refractivity contribution is 5.78. The van der Waals surface area contributed by atoms with E-state index in [0.717, 1.165) is 11.3 Å². The van der Waals surface area contributed by atoms with Crippen LogP contribution < -0.4 is 21.3 Å². The molecule has 1 fully saturated rings. The molecule has 11 heteroatoms. The Bertz CT molecular complexity index is 1530. The molecule has 0 saturated carbocycles. The second-order valence-electron chi connectivity index (χ2n) is 8.96. The molecule has 36 heavy (non-hydrogen) atoms. The summed E-state index contributed by atoms with van der Waals surface area (Å²) < 4.78 is 9.88. The molecule has 1 amide bonds. The van der Waals surface area contributed by atoms with Crippen LogP contribution in [0, 0.1) is 5.92 Å². The van der Waals surface area contributed by atoms with Crippen LogP contribution in [0.1, 0.15) is 38.3 Å². The number of H-pyrrole nitrogens is 1. The summed E-state index contributed by atoms with van der Waals surface area (Å²) in [6.45, 7) is 5.06. The minimum absolute atomic E-state index is 0.0147. The Labute approximate surface area is 206 Å². The first-order chi connectivity index (χ1) is 17.4. The number of aromatic nitrogens is 6. The van der Waals surface area contributed by atoms with E-state index in [1.54, 1.807) is 13.3 Å². The van der Waals surface area contributed by atoms with E-state index in [1.165, 1.54) is 9.13 Å². The third-order valence-corrected chi connectivity index (χ3v) is 6.70. The maximum atomic E-state index is 13.0. The molecule has 188 valence electrons. The summed E-state index contributed by atoms with van der Waals surface area (Å²) in [7, 11) is 1.62. The van der Waals surface area contributed by atoms with Gasteiger partial charge in [0, 0.05) is 38.2 Å². The van der Waals surface area contributed by atoms with Gasteiger partial charge in [0.2, 0.25) is 5.91 Å². The number of amides is 1. The van der Waals surface area contributed by atoms with E-state index in [-0.39, 0.29) is 29.1 Å². The average Bonchev–Trinajstić information content (AvgIpc) is 3.63. The number of aromatic amines is 1. The average molecular weight is 492 g/mol. The fourth-order valence-corrected chi connectivity index (χ4v) is 4.91. The molecule has 2 atom stereocenters. The maximum Gasteiger partial charge on any atom is 0.332 e. The van der Waals surface area contributed by atoms with Gasteiger partial charge in [-0.15, -0.1) is 0 Å². The van der Waals surface area contributed by atoms with Crippen molar-refractivity contribution in [1.82, 2.24) is 34.2 Å². The molecule has 4 heterocycles. The number of ether oxygens (including phenoxy) is 1. The fraction of sp³-hybridized carbons (Fsp3) is 0.400. The molecular weight excluding hydrogens is 462 g/mol. The van der Waals surface area contributed by atoms with E-state index in [9.17, 15) is 14.4 Å². The van der Waals surface area contributed by atoms with E-state index in [4.69, 9.17) is 4.74 Å². The lowest BCUT2D eigenvalue weighted by molar-refractivity contribution is -0.119. The number of aryl methyl sites for hydroxylation is 1. The van der Waals surface area contributed by atoms with Gasteiger partial charge in [0.15, 0.2) is 5.65 Å². The first kappa shape index (κ1) is 23.6. The van der Waals surface area contributed by atoms with Crippen LogP contribution in [-0.4, -0.2) is 48.4 Å². The summed E-state index contributed by atoms with van der Waals surface area (Å²) in [5, 5.41) is 7.53. The second-order valence-corrected chi connectivity index (χ2v) is 8.96. The van der Waals surface area contributed by atoms with Crippen LogP contribution in [0.4, 0.5) is 0 Å². The van der Waals surface area contributed by atoms with Crippen molar-refractivity contribution < 1.29 is 9.53 Å². The molecule has 2 N–H and O–H groups in total. The van der Waals surface area contributed by atoms with Crippen LogP contribution in [0.15, 0.2) is 46.2 Å². The molecule has 0 radical (unpaired) electrons. The van der Waals surface area contributed by atoms with Gasteiger partial charge in [-0.25, -0.2) is 9.78 Å². The number of methoxy groups -OCH3 is 1. The lowest BCUT2D eigenvalue weighted by Crippen LogP contribution is -2.39. The lowest BCUT2D eigenvalue weighted by atomic mass is 9.92. The van der Waals surface area contributed by atoms with Crippen molar-refractivity contribution in [1.29, 1.82) is 0 Å². The largest absolute Gasteiger partial charge is 0.497 e. The van der Waals surface area contributed by atoms with Gasteiger partial charge in [0.05, 0.1) is 24.9 Å². The van der Waals surface area contributed by atoms with E-state index >= 15 is 0 Å². The summed E-state index contributed by atoms with van der Waals surface area (Å²) in [4.78, 5) is 45.6. The normalized spacial score (nSPS) is 16.4. The van der Waals surface area contributed by atoms with Crippen LogP contribution in [0.3, 0.4) is 0 Å². The fourth-order valence-electron chi connectivity index (χ4n) is 4.91. The van der Waals surface area contributed by atoms with Crippen molar-refractivity contribution in [2.24, 2.45) is 5.92 Å². The van der Waals surface area contributed by atoms with Crippen LogP contribution in [0.25, 0.3) is 22.6 Å². The molecule has 3 aromatic heterocycles. The van der Waals surface area contributed by atoms with Crippen LogP contribution >= 0.6 is 0 Å². The van der Waals surface area contributed by atoms with Crippen molar-refractivity contribution in [3.05, 3.63) is 63.1 Å². The molecule has 11 nitrogen and oxygen atoms in total. The number of benzene rings is 1. The van der Waals surface area contributed by atoms with Gasteiger partial charge in [0.1, 0.15) is 17.1 Å². The molecule has 0 spiro atoms. The minimum atomic E-state index is -0.376. The predicted octanol–water partition coefficient (Wildman–Crippen LogP) is 1.91. The SMILES string of the molecule is CCCn1c(=O)c2[nH]c(-c3cnn(C(c4ccc(OC)cc4)C4CNC(=O)C4)c3)nc2n(CC)c1=O. The number of nitrogens with zero attached hydrogens (tertiary/aromatic N) is 5. The monoisotopic (exact) mass is 491 g/mol.